The number of amides is 1. The normalized spacial score (nSPS) is 11.6. The predicted molar refractivity (Wildman–Crippen MR) is 120 cm³/mol. The van der Waals surface area contributed by atoms with E-state index in [4.69, 9.17) is 9.47 Å². The Labute approximate surface area is 188 Å². The van der Waals surface area contributed by atoms with Crippen LogP contribution in [0.5, 0.6) is 5.75 Å². The van der Waals surface area contributed by atoms with Crippen molar-refractivity contribution >= 4 is 34.0 Å². The Kier molecular flexibility index (Phi) is 7.16. The predicted octanol–water partition coefficient (Wildman–Crippen LogP) is 4.69. The molecule has 10 heteroatoms. The van der Waals surface area contributed by atoms with Crippen molar-refractivity contribution in [2.75, 3.05) is 5.32 Å². The van der Waals surface area contributed by atoms with E-state index < -0.39 is 22.9 Å². The summed E-state index contributed by atoms with van der Waals surface area (Å²) < 4.78 is 10.8. The van der Waals surface area contributed by atoms with Gasteiger partial charge in [0.1, 0.15) is 5.75 Å². The van der Waals surface area contributed by atoms with Crippen LogP contribution in [0.4, 0.5) is 10.8 Å². The van der Waals surface area contributed by atoms with Crippen LogP contribution in [0.25, 0.3) is 11.3 Å². The second-order valence-electron chi connectivity index (χ2n) is 7.07. The van der Waals surface area contributed by atoms with Gasteiger partial charge in [0.25, 0.3) is 11.6 Å². The molecule has 1 amide bonds. The summed E-state index contributed by atoms with van der Waals surface area (Å²) in [5, 5.41) is 15.5. The number of anilines is 1. The molecule has 0 saturated heterocycles. The van der Waals surface area contributed by atoms with Gasteiger partial charge in [0, 0.05) is 23.1 Å². The Morgan fingerprint density at radius 1 is 1.12 bits per heavy atom. The quantitative estimate of drug-likeness (QED) is 0.297. The number of ether oxygens (including phenoxy) is 2. The zero-order valence-corrected chi connectivity index (χ0v) is 18.4. The van der Waals surface area contributed by atoms with Gasteiger partial charge in [-0.2, -0.15) is 0 Å². The van der Waals surface area contributed by atoms with E-state index in [1.807, 2.05) is 13.8 Å². The number of aromatic nitrogens is 1. The summed E-state index contributed by atoms with van der Waals surface area (Å²) in [6.07, 6.45) is -1.04. The minimum absolute atomic E-state index is 0.0138. The van der Waals surface area contributed by atoms with Crippen LogP contribution in [0.1, 0.15) is 31.1 Å². The topological polar surface area (TPSA) is 121 Å². The summed E-state index contributed by atoms with van der Waals surface area (Å²) >= 11 is 1.16. The van der Waals surface area contributed by atoms with Gasteiger partial charge in [0.15, 0.2) is 11.2 Å². The highest BCUT2D eigenvalue weighted by Crippen LogP contribution is 2.27. The number of thiazole rings is 1. The third kappa shape index (κ3) is 5.88. The van der Waals surface area contributed by atoms with Gasteiger partial charge in [-0.25, -0.2) is 9.78 Å². The van der Waals surface area contributed by atoms with Gasteiger partial charge < -0.3 is 9.47 Å². The Hall–Kier alpha value is -3.79. The van der Waals surface area contributed by atoms with Crippen molar-refractivity contribution in [2.45, 2.75) is 33.0 Å². The standard InChI is InChI=1S/C22H21N3O6S/c1-13(2)30-18-9-7-15(8-10-18)21(27)31-14(3)20(26)24-22-23-19(12-32-22)16-5-4-6-17(11-16)25(28)29/h4-14H,1-3H3,(H,23,24,26)/t14-/m0/s1. The van der Waals surface area contributed by atoms with Crippen LogP contribution in [0.15, 0.2) is 53.9 Å². The number of non-ortho nitro benzene ring substituents is 1. The molecule has 1 aromatic heterocycles. The lowest BCUT2D eigenvalue weighted by molar-refractivity contribution is -0.384. The molecule has 0 bridgehead atoms. The molecular weight excluding hydrogens is 434 g/mol. The van der Waals surface area contributed by atoms with Gasteiger partial charge in [0.05, 0.1) is 22.3 Å². The number of benzene rings is 2. The fourth-order valence-electron chi connectivity index (χ4n) is 2.67. The maximum Gasteiger partial charge on any atom is 0.338 e. The van der Waals surface area contributed by atoms with Gasteiger partial charge in [0.2, 0.25) is 0 Å². The molecule has 2 aromatic carbocycles. The van der Waals surface area contributed by atoms with Crippen LogP contribution >= 0.6 is 11.3 Å². The molecule has 0 unspecified atom stereocenters. The number of nitro groups is 1. The molecule has 32 heavy (non-hydrogen) atoms. The first-order valence-electron chi connectivity index (χ1n) is 9.72. The Morgan fingerprint density at radius 3 is 2.50 bits per heavy atom. The first-order valence-corrected chi connectivity index (χ1v) is 10.6. The number of hydrogen-bond donors (Lipinski definition) is 1. The van der Waals surface area contributed by atoms with Crippen LogP contribution in [-0.2, 0) is 9.53 Å². The zero-order chi connectivity index (χ0) is 23.3. The number of nitrogens with zero attached hydrogens (tertiary/aromatic N) is 2. The number of esters is 1. The van der Waals surface area contributed by atoms with Crippen molar-refractivity contribution in [3.05, 3.63) is 69.6 Å². The molecule has 1 N–H and O–H groups in total. The largest absolute Gasteiger partial charge is 0.491 e. The number of rotatable bonds is 8. The number of nitro benzene ring substituents is 1. The summed E-state index contributed by atoms with van der Waals surface area (Å²) in [5.74, 6) is -0.552. The first-order chi connectivity index (χ1) is 15.2. The summed E-state index contributed by atoms with van der Waals surface area (Å²) in [6.45, 7) is 5.26. The number of carbonyl (C=O) groups excluding carboxylic acids is 2. The smallest absolute Gasteiger partial charge is 0.338 e. The molecule has 1 heterocycles. The van der Waals surface area contributed by atoms with E-state index in [0.717, 1.165) is 11.3 Å². The lowest BCUT2D eigenvalue weighted by atomic mass is 10.1. The van der Waals surface area contributed by atoms with E-state index >= 15 is 0 Å². The average molecular weight is 455 g/mol. The fraction of sp³-hybridized carbons (Fsp3) is 0.227. The molecule has 0 spiro atoms. The third-order valence-electron chi connectivity index (χ3n) is 4.20. The van der Waals surface area contributed by atoms with E-state index in [1.54, 1.807) is 41.8 Å². The van der Waals surface area contributed by atoms with E-state index in [0.29, 0.717) is 22.6 Å². The molecule has 0 aliphatic heterocycles. The molecule has 166 valence electrons. The molecule has 0 fully saturated rings. The summed E-state index contributed by atoms with van der Waals surface area (Å²) in [5.41, 5.74) is 1.29. The van der Waals surface area contributed by atoms with Gasteiger partial charge in [-0.3, -0.25) is 20.2 Å². The minimum Gasteiger partial charge on any atom is -0.491 e. The second-order valence-corrected chi connectivity index (χ2v) is 7.93. The third-order valence-corrected chi connectivity index (χ3v) is 4.96. The molecular formula is C22H21N3O6S. The van der Waals surface area contributed by atoms with Crippen LogP contribution in [0, 0.1) is 10.1 Å². The molecule has 9 nitrogen and oxygen atoms in total. The van der Waals surface area contributed by atoms with Gasteiger partial charge in [-0.15, -0.1) is 11.3 Å². The molecule has 0 aliphatic carbocycles. The second kappa shape index (κ2) is 10.0. The van der Waals surface area contributed by atoms with Crippen molar-refractivity contribution in [2.24, 2.45) is 0 Å². The maximum absolute atomic E-state index is 12.4. The maximum atomic E-state index is 12.4. The zero-order valence-electron chi connectivity index (χ0n) is 17.6. The monoisotopic (exact) mass is 455 g/mol. The van der Waals surface area contributed by atoms with Crippen molar-refractivity contribution < 1.29 is 24.0 Å². The highest BCUT2D eigenvalue weighted by Gasteiger charge is 2.20. The van der Waals surface area contributed by atoms with E-state index in [-0.39, 0.29) is 16.9 Å². The SMILES string of the molecule is CC(C)Oc1ccc(C(=O)O[C@@H](C)C(=O)Nc2nc(-c3cccc([N+](=O)[O-])c3)cs2)cc1. The Balaban J connectivity index is 1.59. The van der Waals surface area contributed by atoms with Gasteiger partial charge in [-0.1, -0.05) is 12.1 Å². The molecule has 0 saturated carbocycles. The van der Waals surface area contributed by atoms with Crippen molar-refractivity contribution in [3.63, 3.8) is 0 Å². The first kappa shape index (κ1) is 22.9. The van der Waals surface area contributed by atoms with Crippen LogP contribution in [0.2, 0.25) is 0 Å². The van der Waals surface area contributed by atoms with E-state index in [9.17, 15) is 19.7 Å². The molecule has 3 rings (SSSR count). The Bertz CT molecular complexity index is 1130. The van der Waals surface area contributed by atoms with Crippen molar-refractivity contribution in [1.82, 2.24) is 4.98 Å². The van der Waals surface area contributed by atoms with Crippen LogP contribution in [-0.4, -0.2) is 34.0 Å². The number of nitrogens with one attached hydrogen (secondary N) is 1. The van der Waals surface area contributed by atoms with E-state index in [2.05, 4.69) is 10.3 Å². The molecule has 3 aromatic rings. The van der Waals surface area contributed by atoms with Gasteiger partial charge >= 0.3 is 5.97 Å². The minimum atomic E-state index is -1.06. The van der Waals surface area contributed by atoms with E-state index in [1.165, 1.54) is 19.1 Å². The highest BCUT2D eigenvalue weighted by molar-refractivity contribution is 7.14. The van der Waals surface area contributed by atoms with Crippen LogP contribution < -0.4 is 10.1 Å². The lowest BCUT2D eigenvalue weighted by Gasteiger charge is -2.13. The van der Waals surface area contributed by atoms with Crippen molar-refractivity contribution in [1.29, 1.82) is 0 Å². The molecule has 0 radical (unpaired) electrons. The summed E-state index contributed by atoms with van der Waals surface area (Å²) in [7, 11) is 0. The van der Waals surface area contributed by atoms with Crippen LogP contribution in [0.3, 0.4) is 0 Å². The summed E-state index contributed by atoms with van der Waals surface area (Å²) in [4.78, 5) is 39.5. The lowest BCUT2D eigenvalue weighted by Crippen LogP contribution is -2.29. The number of carbonyl (C=O) groups is 2. The summed E-state index contributed by atoms with van der Waals surface area (Å²) in [6, 6.07) is 12.5. The fourth-order valence-corrected chi connectivity index (χ4v) is 3.40. The van der Waals surface area contributed by atoms with Gasteiger partial charge in [-0.05, 0) is 45.0 Å². The molecule has 1 atom stereocenters. The number of hydrogen-bond acceptors (Lipinski definition) is 8. The Morgan fingerprint density at radius 2 is 1.84 bits per heavy atom. The van der Waals surface area contributed by atoms with Crippen molar-refractivity contribution in [3.8, 4) is 17.0 Å². The molecule has 0 aliphatic rings. The highest BCUT2D eigenvalue weighted by atomic mass is 32.1. The average Bonchev–Trinajstić information content (AvgIpc) is 3.22.